The smallest absolute Gasteiger partial charge is 0.191 e. The van der Waals surface area contributed by atoms with Crippen LogP contribution in [0, 0.1) is 0 Å². The Balaban J connectivity index is 1.85. The molecule has 0 saturated carbocycles. The molecule has 23 heavy (non-hydrogen) atoms. The molecule has 0 spiro atoms. The third-order valence-corrected chi connectivity index (χ3v) is 3.48. The maximum absolute atomic E-state index is 6.01. The van der Waals surface area contributed by atoms with Gasteiger partial charge in [-0.3, -0.25) is 4.99 Å². The first-order valence-electron chi connectivity index (χ1n) is 7.61. The summed E-state index contributed by atoms with van der Waals surface area (Å²) in [6.07, 6.45) is 2.48. The highest BCUT2D eigenvalue weighted by Gasteiger charge is 2.06. The van der Waals surface area contributed by atoms with E-state index in [1.54, 1.807) is 13.3 Å². The van der Waals surface area contributed by atoms with Gasteiger partial charge in [0, 0.05) is 37.1 Å². The molecular weight excluding hydrogens is 314 g/mol. The molecule has 5 nitrogen and oxygen atoms in total. The standard InChI is InChI=1S/C17H22ClN3O2/c1-3-22-16-11-14(18)7-6-13(16)12-21-17(19-2)20-9-8-15-5-4-10-23-15/h4-7,10-11H,3,8-9,12H2,1-2H3,(H2,19,20,21). The van der Waals surface area contributed by atoms with E-state index in [0.717, 1.165) is 36.0 Å². The second-order valence-corrected chi connectivity index (χ2v) is 5.30. The lowest BCUT2D eigenvalue weighted by Crippen LogP contribution is -2.37. The van der Waals surface area contributed by atoms with Gasteiger partial charge in [-0.15, -0.1) is 0 Å². The van der Waals surface area contributed by atoms with Crippen LogP contribution in [0.3, 0.4) is 0 Å². The highest BCUT2D eigenvalue weighted by molar-refractivity contribution is 6.30. The molecule has 0 aliphatic heterocycles. The largest absolute Gasteiger partial charge is 0.493 e. The van der Waals surface area contributed by atoms with Crippen LogP contribution in [-0.4, -0.2) is 26.2 Å². The second kappa shape index (κ2) is 9.10. The summed E-state index contributed by atoms with van der Waals surface area (Å²) in [6, 6.07) is 9.48. The van der Waals surface area contributed by atoms with Crippen LogP contribution in [0.1, 0.15) is 18.2 Å². The van der Waals surface area contributed by atoms with Crippen LogP contribution >= 0.6 is 11.6 Å². The van der Waals surface area contributed by atoms with Gasteiger partial charge >= 0.3 is 0 Å². The summed E-state index contributed by atoms with van der Waals surface area (Å²) in [5, 5.41) is 7.19. The van der Waals surface area contributed by atoms with E-state index >= 15 is 0 Å². The molecule has 124 valence electrons. The van der Waals surface area contributed by atoms with Crippen LogP contribution < -0.4 is 15.4 Å². The lowest BCUT2D eigenvalue weighted by Gasteiger charge is -2.14. The topological polar surface area (TPSA) is 58.8 Å². The van der Waals surface area contributed by atoms with Crippen LogP contribution in [0.2, 0.25) is 5.02 Å². The number of hydrogen-bond acceptors (Lipinski definition) is 3. The average Bonchev–Trinajstić information content (AvgIpc) is 3.06. The fourth-order valence-electron chi connectivity index (χ4n) is 2.12. The molecule has 2 rings (SSSR count). The Hall–Kier alpha value is -2.14. The Bertz CT molecular complexity index is 627. The predicted octanol–water partition coefficient (Wildman–Crippen LogP) is 3.24. The van der Waals surface area contributed by atoms with Crippen LogP contribution in [0.15, 0.2) is 46.0 Å². The number of ether oxygens (including phenoxy) is 1. The Kier molecular flexibility index (Phi) is 6.81. The van der Waals surface area contributed by atoms with E-state index in [1.165, 1.54) is 0 Å². The number of furan rings is 1. The number of nitrogens with zero attached hydrogens (tertiary/aromatic N) is 1. The molecular formula is C17H22ClN3O2. The summed E-state index contributed by atoms with van der Waals surface area (Å²) >= 11 is 6.01. The first-order chi connectivity index (χ1) is 11.2. The molecule has 0 atom stereocenters. The van der Waals surface area contributed by atoms with Crippen molar-refractivity contribution in [3.05, 3.63) is 52.9 Å². The van der Waals surface area contributed by atoms with Crippen molar-refractivity contribution in [2.45, 2.75) is 19.9 Å². The summed E-state index contributed by atoms with van der Waals surface area (Å²) in [5.74, 6) is 2.47. The fraction of sp³-hybridized carbons (Fsp3) is 0.353. The van der Waals surface area contributed by atoms with E-state index in [0.29, 0.717) is 18.2 Å². The third-order valence-electron chi connectivity index (χ3n) is 3.24. The minimum Gasteiger partial charge on any atom is -0.493 e. The number of nitrogens with one attached hydrogen (secondary N) is 2. The number of halogens is 1. The van der Waals surface area contributed by atoms with Crippen molar-refractivity contribution < 1.29 is 9.15 Å². The average molecular weight is 336 g/mol. The zero-order valence-corrected chi connectivity index (χ0v) is 14.2. The van der Waals surface area contributed by atoms with Gasteiger partial charge in [-0.05, 0) is 31.2 Å². The van der Waals surface area contributed by atoms with Crippen molar-refractivity contribution in [3.63, 3.8) is 0 Å². The second-order valence-electron chi connectivity index (χ2n) is 4.87. The zero-order chi connectivity index (χ0) is 16.5. The van der Waals surface area contributed by atoms with Crippen molar-refractivity contribution in [1.82, 2.24) is 10.6 Å². The molecule has 0 unspecified atom stereocenters. The molecule has 0 aliphatic carbocycles. The maximum Gasteiger partial charge on any atom is 0.191 e. The number of aliphatic imine (C=N–C) groups is 1. The molecule has 0 bridgehead atoms. The lowest BCUT2D eigenvalue weighted by molar-refractivity contribution is 0.336. The zero-order valence-electron chi connectivity index (χ0n) is 13.4. The quantitative estimate of drug-likeness (QED) is 0.602. The van der Waals surface area contributed by atoms with E-state index in [9.17, 15) is 0 Å². The van der Waals surface area contributed by atoms with E-state index in [4.69, 9.17) is 20.8 Å². The minimum absolute atomic E-state index is 0.601. The minimum atomic E-state index is 0.601. The van der Waals surface area contributed by atoms with E-state index in [-0.39, 0.29) is 0 Å². The van der Waals surface area contributed by atoms with Gasteiger partial charge in [0.1, 0.15) is 11.5 Å². The molecule has 2 N–H and O–H groups in total. The summed E-state index contributed by atoms with van der Waals surface area (Å²) in [7, 11) is 1.74. The van der Waals surface area contributed by atoms with Crippen molar-refractivity contribution >= 4 is 17.6 Å². The molecule has 0 radical (unpaired) electrons. The number of benzene rings is 1. The highest BCUT2D eigenvalue weighted by Crippen LogP contribution is 2.23. The highest BCUT2D eigenvalue weighted by atomic mass is 35.5. The van der Waals surface area contributed by atoms with E-state index in [2.05, 4.69) is 15.6 Å². The van der Waals surface area contributed by atoms with Crippen molar-refractivity contribution in [3.8, 4) is 5.75 Å². The third kappa shape index (κ3) is 5.53. The van der Waals surface area contributed by atoms with Crippen LogP contribution in [0.4, 0.5) is 0 Å². The molecule has 1 aromatic carbocycles. The van der Waals surface area contributed by atoms with E-state index < -0.39 is 0 Å². The van der Waals surface area contributed by atoms with Crippen LogP contribution in [0.5, 0.6) is 5.75 Å². The predicted molar refractivity (Wildman–Crippen MR) is 93.2 cm³/mol. The molecule has 0 fully saturated rings. The van der Waals surface area contributed by atoms with Crippen LogP contribution in [-0.2, 0) is 13.0 Å². The molecule has 1 heterocycles. The molecule has 1 aromatic heterocycles. The monoisotopic (exact) mass is 335 g/mol. The van der Waals surface area contributed by atoms with Crippen molar-refractivity contribution in [1.29, 1.82) is 0 Å². The fourth-order valence-corrected chi connectivity index (χ4v) is 2.28. The van der Waals surface area contributed by atoms with Crippen LogP contribution in [0.25, 0.3) is 0 Å². The van der Waals surface area contributed by atoms with Crippen molar-refractivity contribution in [2.24, 2.45) is 4.99 Å². The van der Waals surface area contributed by atoms with Gasteiger partial charge in [-0.25, -0.2) is 0 Å². The van der Waals surface area contributed by atoms with Gasteiger partial charge in [-0.2, -0.15) is 0 Å². The van der Waals surface area contributed by atoms with Gasteiger partial charge in [0.05, 0.1) is 12.9 Å². The first kappa shape index (κ1) is 17.2. The Labute approximate surface area is 141 Å². The van der Waals surface area contributed by atoms with Gasteiger partial charge in [0.15, 0.2) is 5.96 Å². The SMILES string of the molecule is CCOc1cc(Cl)ccc1CNC(=NC)NCCc1ccco1. The normalized spacial score (nSPS) is 11.3. The Morgan fingerprint density at radius 1 is 1.30 bits per heavy atom. The summed E-state index contributed by atoms with van der Waals surface area (Å²) in [6.45, 7) is 3.90. The Morgan fingerprint density at radius 2 is 2.17 bits per heavy atom. The molecule has 0 aliphatic rings. The molecule has 0 amide bonds. The van der Waals surface area contributed by atoms with Crippen molar-refractivity contribution in [2.75, 3.05) is 20.2 Å². The number of guanidine groups is 1. The summed E-state index contributed by atoms with van der Waals surface area (Å²) < 4.78 is 10.9. The lowest BCUT2D eigenvalue weighted by atomic mass is 10.2. The van der Waals surface area contributed by atoms with E-state index in [1.807, 2.05) is 37.3 Å². The molecule has 6 heteroatoms. The van der Waals surface area contributed by atoms with Gasteiger partial charge < -0.3 is 19.8 Å². The van der Waals surface area contributed by atoms with Gasteiger partial charge in [0.2, 0.25) is 0 Å². The first-order valence-corrected chi connectivity index (χ1v) is 7.99. The Morgan fingerprint density at radius 3 is 2.87 bits per heavy atom. The number of rotatable bonds is 7. The van der Waals surface area contributed by atoms with Gasteiger partial charge in [0.25, 0.3) is 0 Å². The maximum atomic E-state index is 6.01. The molecule has 2 aromatic rings. The van der Waals surface area contributed by atoms with Gasteiger partial charge in [-0.1, -0.05) is 17.7 Å². The summed E-state index contributed by atoms with van der Waals surface area (Å²) in [5.41, 5.74) is 1.03. The molecule has 0 saturated heterocycles. The summed E-state index contributed by atoms with van der Waals surface area (Å²) in [4.78, 5) is 4.21. The number of hydrogen-bond donors (Lipinski definition) is 2.